The molecule has 3 aromatic rings. The number of hydrogen-bond acceptors (Lipinski definition) is 8. The smallest absolute Gasteiger partial charge is 0.262 e. The molecule has 10 heteroatoms. The van der Waals surface area contributed by atoms with E-state index < -0.39 is 6.17 Å². The van der Waals surface area contributed by atoms with Crippen LogP contribution in [0.5, 0.6) is 17.4 Å². The number of halogens is 1. The molecule has 0 saturated carbocycles. The molecule has 1 aliphatic rings. The van der Waals surface area contributed by atoms with E-state index in [1.807, 2.05) is 6.92 Å². The predicted molar refractivity (Wildman–Crippen MR) is 114 cm³/mol. The summed E-state index contributed by atoms with van der Waals surface area (Å²) in [4.78, 5) is 29.3. The minimum Gasteiger partial charge on any atom is -0.488 e. The molecule has 1 saturated heterocycles. The van der Waals surface area contributed by atoms with Gasteiger partial charge in [0.2, 0.25) is 0 Å². The Bertz CT molecular complexity index is 1070. The predicted octanol–water partition coefficient (Wildman–Crippen LogP) is 2.55. The second kappa shape index (κ2) is 10.1. The number of alkyl halides is 1. The summed E-state index contributed by atoms with van der Waals surface area (Å²) in [5.41, 5.74) is 0.907. The highest BCUT2D eigenvalue weighted by Gasteiger charge is 2.23. The summed E-state index contributed by atoms with van der Waals surface area (Å²) < 4.78 is 24.8. The van der Waals surface area contributed by atoms with Gasteiger partial charge in [0, 0.05) is 55.9 Å². The van der Waals surface area contributed by atoms with Crippen molar-refractivity contribution >= 4 is 5.91 Å². The van der Waals surface area contributed by atoms with Gasteiger partial charge in [0.25, 0.3) is 11.8 Å². The lowest BCUT2D eigenvalue weighted by Gasteiger charge is -2.26. The van der Waals surface area contributed by atoms with E-state index in [0.717, 1.165) is 0 Å². The molecule has 4 rings (SSSR count). The van der Waals surface area contributed by atoms with Crippen molar-refractivity contribution in [3.63, 3.8) is 0 Å². The Labute approximate surface area is 184 Å². The minimum absolute atomic E-state index is 0.267. The van der Waals surface area contributed by atoms with Crippen molar-refractivity contribution in [2.24, 2.45) is 0 Å². The monoisotopic (exact) mass is 438 g/mol. The van der Waals surface area contributed by atoms with Gasteiger partial charge in [-0.3, -0.25) is 9.78 Å². The number of carbonyl (C=O) groups is 1. The zero-order valence-corrected chi connectivity index (χ0v) is 17.5. The number of nitrogens with one attached hydrogen (secondary N) is 2. The SMILES string of the molecule is CCOc1cccnc1Oc1cncc(-c2ncc(C(=O)N[C@@H]3CNC[C@H](F)C3)cn2)c1. The summed E-state index contributed by atoms with van der Waals surface area (Å²) in [6.45, 7) is 3.21. The zero-order valence-electron chi connectivity index (χ0n) is 17.5. The minimum atomic E-state index is -0.967. The first kappa shape index (κ1) is 21.6. The van der Waals surface area contributed by atoms with Crippen molar-refractivity contribution in [3.05, 3.63) is 54.7 Å². The van der Waals surface area contributed by atoms with E-state index in [9.17, 15) is 9.18 Å². The van der Waals surface area contributed by atoms with Gasteiger partial charge in [-0.1, -0.05) is 0 Å². The van der Waals surface area contributed by atoms with Gasteiger partial charge < -0.3 is 20.1 Å². The highest BCUT2D eigenvalue weighted by molar-refractivity contribution is 5.93. The van der Waals surface area contributed by atoms with Crippen molar-refractivity contribution in [3.8, 4) is 28.8 Å². The van der Waals surface area contributed by atoms with E-state index in [-0.39, 0.29) is 18.4 Å². The summed E-state index contributed by atoms with van der Waals surface area (Å²) in [6.07, 6.45) is 6.94. The molecule has 2 atom stereocenters. The number of hydrogen-bond donors (Lipinski definition) is 2. The average Bonchev–Trinajstić information content (AvgIpc) is 2.81. The van der Waals surface area contributed by atoms with E-state index in [2.05, 4.69) is 30.6 Å². The van der Waals surface area contributed by atoms with Crippen LogP contribution in [0.15, 0.2) is 49.2 Å². The van der Waals surface area contributed by atoms with Gasteiger partial charge in [-0.2, -0.15) is 0 Å². The Kier molecular flexibility index (Phi) is 6.81. The molecular weight excluding hydrogens is 415 g/mol. The normalized spacial score (nSPS) is 18.1. The van der Waals surface area contributed by atoms with Gasteiger partial charge in [-0.25, -0.2) is 19.3 Å². The average molecular weight is 438 g/mol. The number of carbonyl (C=O) groups excluding carboxylic acids is 1. The summed E-state index contributed by atoms with van der Waals surface area (Å²) in [7, 11) is 0. The van der Waals surface area contributed by atoms with Crippen molar-refractivity contribution in [2.45, 2.75) is 25.6 Å². The Hall–Kier alpha value is -3.66. The first-order chi connectivity index (χ1) is 15.6. The standard InChI is InChI=1S/C22H23FN6O3/c1-2-31-19-4-3-5-26-22(19)32-18-6-14(8-24-13-18)20-27-9-15(10-28-20)21(30)29-17-7-16(23)11-25-12-17/h3-6,8-10,13,16-17,25H,2,7,11-12H2,1H3,(H,29,30)/t16-,17+/m1/s1. The highest BCUT2D eigenvalue weighted by Crippen LogP contribution is 2.30. The molecule has 32 heavy (non-hydrogen) atoms. The van der Waals surface area contributed by atoms with Crippen molar-refractivity contribution in [2.75, 3.05) is 19.7 Å². The molecule has 0 spiro atoms. The number of amides is 1. The number of piperidine rings is 1. The molecule has 1 fully saturated rings. The number of pyridine rings is 2. The summed E-state index contributed by atoms with van der Waals surface area (Å²) in [5.74, 6) is 1.34. The van der Waals surface area contributed by atoms with E-state index in [1.165, 1.54) is 12.4 Å². The zero-order chi connectivity index (χ0) is 22.3. The number of aromatic nitrogens is 4. The van der Waals surface area contributed by atoms with E-state index in [4.69, 9.17) is 9.47 Å². The Balaban J connectivity index is 1.45. The first-order valence-corrected chi connectivity index (χ1v) is 10.3. The molecule has 3 aromatic heterocycles. The van der Waals surface area contributed by atoms with Crippen molar-refractivity contribution < 1.29 is 18.7 Å². The third kappa shape index (κ3) is 5.33. The molecule has 9 nitrogen and oxygen atoms in total. The van der Waals surface area contributed by atoms with Gasteiger partial charge in [0.1, 0.15) is 11.9 Å². The topological polar surface area (TPSA) is 111 Å². The lowest BCUT2D eigenvalue weighted by Crippen LogP contribution is -2.49. The lowest BCUT2D eigenvalue weighted by atomic mass is 10.1. The Morgan fingerprint density at radius 2 is 2.06 bits per heavy atom. The maximum Gasteiger partial charge on any atom is 0.262 e. The largest absolute Gasteiger partial charge is 0.488 e. The van der Waals surface area contributed by atoms with Crippen LogP contribution in [-0.2, 0) is 0 Å². The van der Waals surface area contributed by atoms with E-state index in [1.54, 1.807) is 36.8 Å². The number of rotatable bonds is 7. The molecule has 0 aromatic carbocycles. The van der Waals surface area contributed by atoms with Crippen LogP contribution in [-0.4, -0.2) is 57.8 Å². The molecule has 0 aliphatic carbocycles. The van der Waals surface area contributed by atoms with Gasteiger partial charge in [0.05, 0.1) is 18.4 Å². The van der Waals surface area contributed by atoms with Crippen LogP contribution in [0.1, 0.15) is 23.7 Å². The maximum atomic E-state index is 13.5. The molecule has 0 radical (unpaired) electrons. The van der Waals surface area contributed by atoms with Gasteiger partial charge in [-0.15, -0.1) is 0 Å². The second-order valence-electron chi connectivity index (χ2n) is 7.21. The first-order valence-electron chi connectivity index (χ1n) is 10.3. The second-order valence-corrected chi connectivity index (χ2v) is 7.21. The van der Waals surface area contributed by atoms with Crippen LogP contribution in [0.3, 0.4) is 0 Å². The molecule has 0 unspecified atom stereocenters. The van der Waals surface area contributed by atoms with Crippen molar-refractivity contribution in [1.82, 2.24) is 30.6 Å². The van der Waals surface area contributed by atoms with Crippen LogP contribution in [0.2, 0.25) is 0 Å². The fourth-order valence-electron chi connectivity index (χ4n) is 3.29. The summed E-state index contributed by atoms with van der Waals surface area (Å²) >= 11 is 0. The van der Waals surface area contributed by atoms with Gasteiger partial charge in [0.15, 0.2) is 11.6 Å². The number of ether oxygens (including phenoxy) is 2. The van der Waals surface area contributed by atoms with Gasteiger partial charge >= 0.3 is 0 Å². The molecule has 166 valence electrons. The van der Waals surface area contributed by atoms with Crippen molar-refractivity contribution in [1.29, 1.82) is 0 Å². The van der Waals surface area contributed by atoms with Crippen LogP contribution in [0.4, 0.5) is 4.39 Å². The Morgan fingerprint density at radius 3 is 2.84 bits per heavy atom. The quantitative estimate of drug-likeness (QED) is 0.579. The molecular formula is C22H23FN6O3. The fraction of sp³-hybridized carbons (Fsp3) is 0.318. The van der Waals surface area contributed by atoms with E-state index >= 15 is 0 Å². The summed E-state index contributed by atoms with van der Waals surface area (Å²) in [5, 5.41) is 5.76. The van der Waals surface area contributed by atoms with Crippen LogP contribution < -0.4 is 20.1 Å². The molecule has 2 N–H and O–H groups in total. The highest BCUT2D eigenvalue weighted by atomic mass is 19.1. The Morgan fingerprint density at radius 1 is 1.22 bits per heavy atom. The van der Waals surface area contributed by atoms with Crippen LogP contribution in [0.25, 0.3) is 11.4 Å². The van der Waals surface area contributed by atoms with Crippen LogP contribution >= 0.6 is 0 Å². The molecule has 1 aliphatic heterocycles. The summed E-state index contributed by atoms with van der Waals surface area (Å²) in [6, 6.07) is 4.99. The lowest BCUT2D eigenvalue weighted by molar-refractivity contribution is 0.0918. The fourth-order valence-corrected chi connectivity index (χ4v) is 3.29. The maximum absolute atomic E-state index is 13.5. The van der Waals surface area contributed by atoms with Gasteiger partial charge in [-0.05, 0) is 25.1 Å². The molecule has 1 amide bonds. The third-order valence-corrected chi connectivity index (χ3v) is 4.77. The third-order valence-electron chi connectivity index (χ3n) is 4.77. The van der Waals surface area contributed by atoms with E-state index in [0.29, 0.717) is 54.0 Å². The molecule has 0 bridgehead atoms. The molecule has 4 heterocycles. The van der Waals surface area contributed by atoms with Crippen LogP contribution in [0, 0.1) is 0 Å². The number of nitrogens with zero attached hydrogens (tertiary/aromatic N) is 4.